The van der Waals surface area contributed by atoms with Crippen molar-refractivity contribution in [3.05, 3.63) is 0 Å². The first-order valence-electron chi connectivity index (χ1n) is 7.35. The highest BCUT2D eigenvalue weighted by atomic mass is 16.5. The second-order valence-electron chi connectivity index (χ2n) is 6.03. The van der Waals surface area contributed by atoms with Crippen molar-refractivity contribution >= 4 is 0 Å². The van der Waals surface area contributed by atoms with Crippen LogP contribution in [0.4, 0.5) is 0 Å². The maximum atomic E-state index is 10.1. The van der Waals surface area contributed by atoms with Crippen molar-refractivity contribution in [3.8, 4) is 0 Å². The Hall–Kier alpha value is -0.200. The summed E-state index contributed by atoms with van der Waals surface area (Å²) in [5.41, 5.74) is 0. The van der Waals surface area contributed by atoms with E-state index in [-0.39, 0.29) is 6.10 Å². The summed E-state index contributed by atoms with van der Waals surface area (Å²) < 4.78 is 10.6. The van der Waals surface area contributed by atoms with Crippen molar-refractivity contribution in [2.75, 3.05) is 46.5 Å². The molecule has 5 atom stereocenters. The summed E-state index contributed by atoms with van der Waals surface area (Å²) in [5.74, 6) is 1.51. The van der Waals surface area contributed by atoms with Gasteiger partial charge in [0.05, 0.1) is 25.4 Å². The zero-order valence-electron chi connectivity index (χ0n) is 12.3. The van der Waals surface area contributed by atoms with Gasteiger partial charge in [-0.15, -0.1) is 0 Å². The number of methoxy groups -OCH3 is 1. The fourth-order valence-electron chi connectivity index (χ4n) is 3.38. The van der Waals surface area contributed by atoms with Crippen LogP contribution in [0, 0.1) is 11.8 Å². The van der Waals surface area contributed by atoms with E-state index in [4.69, 9.17) is 9.47 Å². The molecule has 112 valence electrons. The van der Waals surface area contributed by atoms with Crippen LogP contribution in [0.1, 0.15) is 13.8 Å². The van der Waals surface area contributed by atoms with Gasteiger partial charge in [0, 0.05) is 26.2 Å². The minimum Gasteiger partial charge on any atom is -0.389 e. The average Bonchev–Trinajstić information content (AvgIpc) is 2.92. The summed E-state index contributed by atoms with van der Waals surface area (Å²) in [7, 11) is 1.66. The lowest BCUT2D eigenvalue weighted by atomic mass is 9.95. The van der Waals surface area contributed by atoms with Gasteiger partial charge in [0.2, 0.25) is 0 Å². The van der Waals surface area contributed by atoms with Crippen LogP contribution >= 0.6 is 0 Å². The zero-order valence-corrected chi connectivity index (χ0v) is 12.3. The van der Waals surface area contributed by atoms with Crippen LogP contribution in [0.5, 0.6) is 0 Å². The molecule has 5 unspecified atom stereocenters. The predicted molar refractivity (Wildman–Crippen MR) is 74.2 cm³/mol. The van der Waals surface area contributed by atoms with Crippen molar-refractivity contribution in [2.45, 2.75) is 32.1 Å². The Morgan fingerprint density at radius 2 is 2.16 bits per heavy atom. The van der Waals surface area contributed by atoms with E-state index in [2.05, 4.69) is 17.1 Å². The van der Waals surface area contributed by atoms with Gasteiger partial charge >= 0.3 is 0 Å². The molecule has 0 spiro atoms. The van der Waals surface area contributed by atoms with Crippen molar-refractivity contribution in [2.24, 2.45) is 11.8 Å². The Kier molecular flexibility index (Phi) is 5.59. The SMILES string of the molecule is COCC(C)OCC(O)CN1CC2CNCC2C1C. The van der Waals surface area contributed by atoms with Crippen LogP contribution in [0.25, 0.3) is 0 Å². The molecular weight excluding hydrogens is 244 g/mol. The Bertz CT molecular complexity index is 277. The first kappa shape index (κ1) is 15.2. The molecule has 0 saturated carbocycles. The van der Waals surface area contributed by atoms with Crippen molar-refractivity contribution in [1.82, 2.24) is 10.2 Å². The van der Waals surface area contributed by atoms with Gasteiger partial charge in [-0.05, 0) is 38.8 Å². The molecule has 2 fully saturated rings. The molecule has 2 aliphatic rings. The maximum Gasteiger partial charge on any atom is 0.0900 e. The van der Waals surface area contributed by atoms with Gasteiger partial charge in [0.1, 0.15) is 0 Å². The molecule has 5 heteroatoms. The molecule has 2 heterocycles. The van der Waals surface area contributed by atoms with Gasteiger partial charge in [-0.3, -0.25) is 4.90 Å². The monoisotopic (exact) mass is 272 g/mol. The summed E-state index contributed by atoms with van der Waals surface area (Å²) in [6, 6.07) is 0.561. The molecular formula is C14H28N2O3. The van der Waals surface area contributed by atoms with E-state index < -0.39 is 6.10 Å². The summed E-state index contributed by atoms with van der Waals surface area (Å²) in [4.78, 5) is 2.41. The average molecular weight is 272 g/mol. The van der Waals surface area contributed by atoms with E-state index in [1.807, 2.05) is 6.92 Å². The van der Waals surface area contributed by atoms with Gasteiger partial charge in [-0.25, -0.2) is 0 Å². The molecule has 0 aromatic rings. The van der Waals surface area contributed by atoms with Gasteiger partial charge in [-0.1, -0.05) is 0 Å². The molecule has 19 heavy (non-hydrogen) atoms. The number of ether oxygens (including phenoxy) is 2. The number of hydrogen-bond acceptors (Lipinski definition) is 5. The van der Waals surface area contributed by atoms with Crippen LogP contribution < -0.4 is 5.32 Å². The van der Waals surface area contributed by atoms with Crippen molar-refractivity contribution < 1.29 is 14.6 Å². The topological polar surface area (TPSA) is 54.0 Å². The number of hydrogen-bond donors (Lipinski definition) is 2. The van der Waals surface area contributed by atoms with Crippen LogP contribution in [0.15, 0.2) is 0 Å². The number of likely N-dealkylation sites (tertiary alicyclic amines) is 1. The van der Waals surface area contributed by atoms with Crippen LogP contribution in [0.3, 0.4) is 0 Å². The van der Waals surface area contributed by atoms with Crippen LogP contribution in [-0.2, 0) is 9.47 Å². The number of aliphatic hydroxyl groups excluding tert-OH is 1. The second-order valence-corrected chi connectivity index (χ2v) is 6.03. The predicted octanol–water partition coefficient (Wildman–Crippen LogP) is -0.0615. The smallest absolute Gasteiger partial charge is 0.0900 e. The normalized spacial score (nSPS) is 34.4. The third kappa shape index (κ3) is 3.89. The van der Waals surface area contributed by atoms with E-state index in [1.54, 1.807) is 7.11 Å². The van der Waals surface area contributed by atoms with Crippen LogP contribution in [-0.4, -0.2) is 74.8 Å². The fraction of sp³-hybridized carbons (Fsp3) is 1.00. The highest BCUT2D eigenvalue weighted by Gasteiger charge is 2.41. The second kappa shape index (κ2) is 6.99. The Balaban J connectivity index is 1.69. The van der Waals surface area contributed by atoms with E-state index in [1.165, 1.54) is 0 Å². The molecule has 2 N–H and O–H groups in total. The summed E-state index contributed by atoms with van der Waals surface area (Å²) in [5, 5.41) is 13.5. The Morgan fingerprint density at radius 1 is 1.37 bits per heavy atom. The van der Waals surface area contributed by atoms with E-state index >= 15 is 0 Å². The molecule has 0 bridgehead atoms. The van der Waals surface area contributed by atoms with E-state index in [0.29, 0.717) is 25.8 Å². The van der Waals surface area contributed by atoms with Crippen LogP contribution in [0.2, 0.25) is 0 Å². The molecule has 0 aromatic heterocycles. The third-order valence-corrected chi connectivity index (χ3v) is 4.48. The number of rotatable bonds is 7. The maximum absolute atomic E-state index is 10.1. The lowest BCUT2D eigenvalue weighted by molar-refractivity contribution is -0.0408. The molecule has 0 amide bonds. The van der Waals surface area contributed by atoms with Gasteiger partial charge in [0.25, 0.3) is 0 Å². The minimum atomic E-state index is -0.409. The Labute approximate surface area is 116 Å². The number of nitrogens with one attached hydrogen (secondary N) is 1. The molecule has 0 aromatic carbocycles. The zero-order chi connectivity index (χ0) is 13.8. The molecule has 0 aliphatic carbocycles. The third-order valence-electron chi connectivity index (χ3n) is 4.48. The lowest BCUT2D eigenvalue weighted by Gasteiger charge is -2.27. The van der Waals surface area contributed by atoms with Gasteiger partial charge in [-0.2, -0.15) is 0 Å². The number of aliphatic hydroxyl groups is 1. The largest absolute Gasteiger partial charge is 0.389 e. The van der Waals surface area contributed by atoms with E-state index in [0.717, 1.165) is 31.5 Å². The molecule has 2 rings (SSSR count). The molecule has 0 radical (unpaired) electrons. The molecule has 2 saturated heterocycles. The summed E-state index contributed by atoms with van der Waals surface area (Å²) >= 11 is 0. The number of nitrogens with zero attached hydrogens (tertiary/aromatic N) is 1. The fourth-order valence-corrected chi connectivity index (χ4v) is 3.38. The van der Waals surface area contributed by atoms with Crippen molar-refractivity contribution in [1.29, 1.82) is 0 Å². The van der Waals surface area contributed by atoms with Gasteiger partial charge < -0.3 is 19.9 Å². The Morgan fingerprint density at radius 3 is 2.84 bits per heavy atom. The van der Waals surface area contributed by atoms with E-state index in [9.17, 15) is 5.11 Å². The highest BCUT2D eigenvalue weighted by Crippen LogP contribution is 2.32. The quantitative estimate of drug-likeness (QED) is 0.680. The van der Waals surface area contributed by atoms with Gasteiger partial charge in [0.15, 0.2) is 0 Å². The number of β-amino-alcohol motifs (C(OH)–C–C–N with tert-alkyl or cyclic N) is 1. The summed E-state index contributed by atoms with van der Waals surface area (Å²) in [6.07, 6.45) is -0.368. The minimum absolute atomic E-state index is 0.0410. The number of fused-ring (bicyclic) bond motifs is 1. The standard InChI is InChI=1S/C14H28N2O3/c1-10(8-18-3)19-9-13(17)7-16-6-12-4-15-5-14(12)11(16)2/h10-15,17H,4-9H2,1-3H3. The van der Waals surface area contributed by atoms with Crippen molar-refractivity contribution in [3.63, 3.8) is 0 Å². The lowest BCUT2D eigenvalue weighted by Crippen LogP contribution is -2.40. The first-order chi connectivity index (χ1) is 9.11. The first-order valence-corrected chi connectivity index (χ1v) is 7.35. The summed E-state index contributed by atoms with van der Waals surface area (Å²) in [6.45, 7) is 9.27. The molecule has 5 nitrogen and oxygen atoms in total. The molecule has 2 aliphatic heterocycles. The highest BCUT2D eigenvalue weighted by molar-refractivity contribution is 4.96.